The average Bonchev–Trinajstić information content (AvgIpc) is 2.91. The first-order valence-electron chi connectivity index (χ1n) is 7.35. The number of imidazole rings is 1. The van der Waals surface area contributed by atoms with Crippen molar-refractivity contribution in [1.82, 2.24) is 9.55 Å². The van der Waals surface area contributed by atoms with E-state index in [4.69, 9.17) is 9.47 Å². The van der Waals surface area contributed by atoms with Crippen molar-refractivity contribution in [3.63, 3.8) is 0 Å². The Morgan fingerprint density at radius 1 is 1.13 bits per heavy atom. The standard InChI is InChI=1S/C16H19N3O4/c1-3-22-15(20)13-14(18-16(21)23-4-2)17-11-19(13)10-12-8-6-5-7-9-12/h5-9,11H,3-4,10H2,1-2H3,(H,18,21). The molecule has 1 heterocycles. The maximum absolute atomic E-state index is 12.2. The molecule has 7 heteroatoms. The summed E-state index contributed by atoms with van der Waals surface area (Å²) in [4.78, 5) is 27.9. The van der Waals surface area contributed by atoms with E-state index in [2.05, 4.69) is 10.3 Å². The maximum atomic E-state index is 12.2. The van der Waals surface area contributed by atoms with Crippen molar-refractivity contribution in [1.29, 1.82) is 0 Å². The number of anilines is 1. The quantitative estimate of drug-likeness (QED) is 0.828. The van der Waals surface area contributed by atoms with Crippen molar-refractivity contribution < 1.29 is 19.1 Å². The van der Waals surface area contributed by atoms with Gasteiger partial charge in [0.1, 0.15) is 0 Å². The Hall–Kier alpha value is -2.83. The lowest BCUT2D eigenvalue weighted by molar-refractivity contribution is 0.0515. The van der Waals surface area contributed by atoms with E-state index in [0.29, 0.717) is 6.54 Å². The minimum Gasteiger partial charge on any atom is -0.461 e. The van der Waals surface area contributed by atoms with Gasteiger partial charge in [0.2, 0.25) is 0 Å². The second kappa shape index (κ2) is 7.98. The molecular formula is C16H19N3O4. The number of rotatable bonds is 6. The van der Waals surface area contributed by atoms with Crippen LogP contribution in [0.3, 0.4) is 0 Å². The van der Waals surface area contributed by atoms with Crippen LogP contribution in [0.4, 0.5) is 10.6 Å². The summed E-state index contributed by atoms with van der Waals surface area (Å²) in [7, 11) is 0. The molecule has 0 bridgehead atoms. The summed E-state index contributed by atoms with van der Waals surface area (Å²) in [6, 6.07) is 9.61. The number of amides is 1. The Bertz CT molecular complexity index is 667. The Balaban J connectivity index is 2.28. The third kappa shape index (κ3) is 4.32. The molecule has 0 radical (unpaired) electrons. The summed E-state index contributed by atoms with van der Waals surface area (Å²) < 4.78 is 11.5. The highest BCUT2D eigenvalue weighted by Crippen LogP contribution is 2.17. The molecule has 1 aromatic heterocycles. The number of benzene rings is 1. The predicted octanol–water partition coefficient (Wildman–Crippen LogP) is 2.68. The zero-order valence-corrected chi connectivity index (χ0v) is 13.1. The predicted molar refractivity (Wildman–Crippen MR) is 84.4 cm³/mol. The summed E-state index contributed by atoms with van der Waals surface area (Å²) in [5.41, 5.74) is 1.18. The summed E-state index contributed by atoms with van der Waals surface area (Å²) in [5.74, 6) is -0.425. The van der Waals surface area contributed by atoms with Crippen LogP contribution in [0, 0.1) is 0 Å². The van der Waals surface area contributed by atoms with Crippen LogP contribution in [0.25, 0.3) is 0 Å². The molecule has 0 saturated heterocycles. The molecule has 0 spiro atoms. The van der Waals surface area contributed by atoms with Gasteiger partial charge >= 0.3 is 12.1 Å². The molecule has 2 rings (SSSR count). The van der Waals surface area contributed by atoms with E-state index in [1.54, 1.807) is 18.4 Å². The lowest BCUT2D eigenvalue weighted by Crippen LogP contribution is -2.19. The van der Waals surface area contributed by atoms with E-state index in [1.807, 2.05) is 30.3 Å². The van der Waals surface area contributed by atoms with E-state index in [0.717, 1.165) is 5.56 Å². The van der Waals surface area contributed by atoms with Gasteiger partial charge in [0.25, 0.3) is 0 Å². The van der Waals surface area contributed by atoms with E-state index >= 15 is 0 Å². The molecule has 0 aliphatic carbocycles. The van der Waals surface area contributed by atoms with Gasteiger partial charge in [-0.1, -0.05) is 30.3 Å². The zero-order valence-electron chi connectivity index (χ0n) is 13.1. The van der Waals surface area contributed by atoms with Crippen molar-refractivity contribution in [2.45, 2.75) is 20.4 Å². The van der Waals surface area contributed by atoms with Gasteiger partial charge in [0, 0.05) is 6.54 Å². The Morgan fingerprint density at radius 2 is 1.83 bits per heavy atom. The average molecular weight is 317 g/mol. The van der Waals surface area contributed by atoms with Gasteiger partial charge in [0.15, 0.2) is 11.5 Å². The fourth-order valence-corrected chi connectivity index (χ4v) is 2.05. The number of nitrogens with zero attached hydrogens (tertiary/aromatic N) is 2. The molecule has 122 valence electrons. The van der Waals surface area contributed by atoms with Gasteiger partial charge < -0.3 is 14.0 Å². The Kier molecular flexibility index (Phi) is 5.74. The lowest BCUT2D eigenvalue weighted by Gasteiger charge is -2.10. The molecule has 0 saturated carbocycles. The van der Waals surface area contributed by atoms with E-state index in [9.17, 15) is 9.59 Å². The molecule has 1 amide bonds. The Morgan fingerprint density at radius 3 is 2.48 bits per heavy atom. The van der Waals surface area contributed by atoms with Gasteiger partial charge in [-0.25, -0.2) is 14.6 Å². The number of esters is 1. The first-order chi connectivity index (χ1) is 11.2. The summed E-state index contributed by atoms with van der Waals surface area (Å²) in [6.07, 6.45) is 0.823. The fraction of sp³-hybridized carbons (Fsp3) is 0.312. The Labute approximate surface area is 134 Å². The fourth-order valence-electron chi connectivity index (χ4n) is 2.05. The molecule has 0 unspecified atom stereocenters. The summed E-state index contributed by atoms with van der Waals surface area (Å²) in [5, 5.41) is 2.46. The SMILES string of the molecule is CCOC(=O)Nc1ncn(Cc2ccccc2)c1C(=O)OCC. The van der Waals surface area contributed by atoms with Gasteiger partial charge in [-0.2, -0.15) is 0 Å². The molecular weight excluding hydrogens is 298 g/mol. The highest BCUT2D eigenvalue weighted by atomic mass is 16.5. The smallest absolute Gasteiger partial charge is 0.412 e. The van der Waals surface area contributed by atoms with Crippen LogP contribution in [-0.4, -0.2) is 34.8 Å². The van der Waals surface area contributed by atoms with Crippen LogP contribution < -0.4 is 5.32 Å². The number of hydrogen-bond acceptors (Lipinski definition) is 5. The highest BCUT2D eigenvalue weighted by Gasteiger charge is 2.22. The number of nitrogens with one attached hydrogen (secondary N) is 1. The molecule has 23 heavy (non-hydrogen) atoms. The number of aromatic nitrogens is 2. The minimum atomic E-state index is -0.664. The largest absolute Gasteiger partial charge is 0.461 e. The minimum absolute atomic E-state index is 0.123. The molecule has 0 aliphatic heterocycles. The van der Waals surface area contributed by atoms with Crippen molar-refractivity contribution in [2.24, 2.45) is 0 Å². The van der Waals surface area contributed by atoms with E-state index in [-0.39, 0.29) is 24.7 Å². The second-order valence-corrected chi connectivity index (χ2v) is 4.62. The maximum Gasteiger partial charge on any atom is 0.412 e. The number of carbonyl (C=O) groups is 2. The molecule has 2 aromatic rings. The van der Waals surface area contributed by atoms with Crippen LogP contribution >= 0.6 is 0 Å². The zero-order chi connectivity index (χ0) is 16.7. The monoisotopic (exact) mass is 317 g/mol. The van der Waals surface area contributed by atoms with Crippen LogP contribution in [-0.2, 0) is 16.0 Å². The van der Waals surface area contributed by atoms with Gasteiger partial charge in [-0.3, -0.25) is 5.32 Å². The summed E-state index contributed by atoms with van der Waals surface area (Å²) in [6.45, 7) is 4.31. The normalized spacial score (nSPS) is 10.2. The number of ether oxygens (including phenoxy) is 2. The number of carbonyl (C=O) groups excluding carboxylic acids is 2. The highest BCUT2D eigenvalue weighted by molar-refractivity contribution is 5.97. The first kappa shape index (κ1) is 16.5. The van der Waals surface area contributed by atoms with Crippen molar-refractivity contribution in [3.8, 4) is 0 Å². The van der Waals surface area contributed by atoms with Gasteiger partial charge in [0.05, 0.1) is 19.5 Å². The molecule has 0 fully saturated rings. The topological polar surface area (TPSA) is 82.5 Å². The third-order valence-corrected chi connectivity index (χ3v) is 3.00. The third-order valence-electron chi connectivity index (χ3n) is 3.00. The van der Waals surface area contributed by atoms with Crippen LogP contribution in [0.15, 0.2) is 36.7 Å². The lowest BCUT2D eigenvalue weighted by atomic mass is 10.2. The van der Waals surface area contributed by atoms with Gasteiger partial charge in [-0.05, 0) is 19.4 Å². The summed E-state index contributed by atoms with van der Waals surface area (Å²) >= 11 is 0. The molecule has 1 aromatic carbocycles. The van der Waals surface area contributed by atoms with Crippen LogP contribution in [0.5, 0.6) is 0 Å². The van der Waals surface area contributed by atoms with Crippen LogP contribution in [0.2, 0.25) is 0 Å². The van der Waals surface area contributed by atoms with Gasteiger partial charge in [-0.15, -0.1) is 0 Å². The molecule has 1 N–H and O–H groups in total. The van der Waals surface area contributed by atoms with E-state index < -0.39 is 12.1 Å². The molecule has 0 aliphatic rings. The number of hydrogen-bond donors (Lipinski definition) is 1. The first-order valence-corrected chi connectivity index (χ1v) is 7.35. The van der Waals surface area contributed by atoms with Crippen molar-refractivity contribution in [2.75, 3.05) is 18.5 Å². The van der Waals surface area contributed by atoms with Crippen molar-refractivity contribution in [3.05, 3.63) is 47.9 Å². The molecule has 7 nitrogen and oxygen atoms in total. The van der Waals surface area contributed by atoms with E-state index in [1.165, 1.54) is 6.33 Å². The second-order valence-electron chi connectivity index (χ2n) is 4.62. The van der Waals surface area contributed by atoms with Crippen molar-refractivity contribution >= 4 is 17.9 Å². The van der Waals surface area contributed by atoms with Crippen LogP contribution in [0.1, 0.15) is 29.9 Å². The molecule has 0 atom stereocenters.